The second-order valence-corrected chi connectivity index (χ2v) is 3.55. The van der Waals surface area contributed by atoms with E-state index in [9.17, 15) is 4.79 Å². The number of hydrogen-bond donors (Lipinski definition) is 2. The number of benzene rings is 1. The van der Waals surface area contributed by atoms with Crippen LogP contribution in [0.15, 0.2) is 18.2 Å². The van der Waals surface area contributed by atoms with Gasteiger partial charge in [0.05, 0.1) is 31.7 Å². The Morgan fingerprint density at radius 1 is 1.32 bits per heavy atom. The summed E-state index contributed by atoms with van der Waals surface area (Å²) in [6.45, 7) is 0.784. The van der Waals surface area contributed by atoms with Crippen LogP contribution in [0.25, 0.3) is 0 Å². The fourth-order valence-electron chi connectivity index (χ4n) is 1.26. The van der Waals surface area contributed by atoms with Crippen LogP contribution < -0.4 is 15.8 Å². The van der Waals surface area contributed by atoms with Crippen molar-refractivity contribution in [2.24, 2.45) is 0 Å². The lowest BCUT2D eigenvalue weighted by Crippen LogP contribution is -2.20. The van der Waals surface area contributed by atoms with Crippen molar-refractivity contribution in [1.82, 2.24) is 0 Å². The molecule has 108 valence electrons. The van der Waals surface area contributed by atoms with Crippen LogP contribution >= 0.6 is 12.4 Å². The topological polar surface area (TPSA) is 82.8 Å². The van der Waals surface area contributed by atoms with E-state index in [1.54, 1.807) is 32.4 Å². The molecule has 0 saturated carbocycles. The van der Waals surface area contributed by atoms with E-state index < -0.39 is 0 Å². The number of ether oxygens (including phenoxy) is 3. The van der Waals surface area contributed by atoms with E-state index in [1.165, 1.54) is 0 Å². The molecule has 0 aromatic heterocycles. The molecule has 0 spiro atoms. The molecule has 6 nitrogen and oxygen atoms in total. The molecule has 0 heterocycles. The second kappa shape index (κ2) is 9.43. The van der Waals surface area contributed by atoms with E-state index >= 15 is 0 Å². The molecular weight excluding hydrogens is 272 g/mol. The Hall–Kier alpha value is -1.50. The molecule has 1 rings (SSSR count). The van der Waals surface area contributed by atoms with Gasteiger partial charge in [0.1, 0.15) is 12.4 Å². The second-order valence-electron chi connectivity index (χ2n) is 3.55. The molecule has 0 aliphatic rings. The lowest BCUT2D eigenvalue weighted by Gasteiger charge is -2.10. The molecule has 0 bridgehead atoms. The molecule has 1 aromatic rings. The van der Waals surface area contributed by atoms with Gasteiger partial charge >= 0.3 is 0 Å². The molecule has 7 heteroatoms. The first-order valence-electron chi connectivity index (χ1n) is 5.47. The summed E-state index contributed by atoms with van der Waals surface area (Å²) >= 11 is 0. The summed E-state index contributed by atoms with van der Waals surface area (Å²) in [5, 5.41) is 2.65. The predicted octanol–water partition coefficient (Wildman–Crippen LogP) is 1.30. The molecule has 0 aliphatic heterocycles. The molecule has 0 unspecified atom stereocenters. The number of nitrogens with one attached hydrogen (secondary N) is 1. The number of rotatable bonds is 7. The number of anilines is 2. The van der Waals surface area contributed by atoms with Gasteiger partial charge in [-0.3, -0.25) is 4.79 Å². The Balaban J connectivity index is 0.00000324. The van der Waals surface area contributed by atoms with Crippen LogP contribution in [0.4, 0.5) is 11.4 Å². The number of amides is 1. The number of methoxy groups -OCH3 is 2. The molecule has 19 heavy (non-hydrogen) atoms. The fraction of sp³-hybridized carbons (Fsp3) is 0.417. The Morgan fingerprint density at radius 2 is 2.05 bits per heavy atom. The predicted molar refractivity (Wildman–Crippen MR) is 76.0 cm³/mol. The van der Waals surface area contributed by atoms with Crippen LogP contribution in [0.2, 0.25) is 0 Å². The number of nitrogen functional groups attached to an aromatic ring is 1. The maximum atomic E-state index is 11.6. The average Bonchev–Trinajstić information content (AvgIpc) is 2.37. The minimum Gasteiger partial charge on any atom is -0.497 e. The van der Waals surface area contributed by atoms with E-state index in [4.69, 9.17) is 19.9 Å². The highest BCUT2D eigenvalue weighted by atomic mass is 35.5. The van der Waals surface area contributed by atoms with Crippen LogP contribution in [0.3, 0.4) is 0 Å². The zero-order chi connectivity index (χ0) is 13.4. The highest BCUT2D eigenvalue weighted by molar-refractivity contribution is 5.94. The summed E-state index contributed by atoms with van der Waals surface area (Å²) in [6.07, 6.45) is 0. The molecule has 0 fully saturated rings. The lowest BCUT2D eigenvalue weighted by atomic mass is 10.2. The Morgan fingerprint density at radius 3 is 2.68 bits per heavy atom. The van der Waals surface area contributed by atoms with E-state index in [-0.39, 0.29) is 24.9 Å². The minimum absolute atomic E-state index is 0. The Labute approximate surface area is 118 Å². The van der Waals surface area contributed by atoms with Crippen molar-refractivity contribution in [1.29, 1.82) is 0 Å². The lowest BCUT2D eigenvalue weighted by molar-refractivity contribution is -0.121. The summed E-state index contributed by atoms with van der Waals surface area (Å²) in [4.78, 5) is 11.6. The Bertz CT molecular complexity index is 401. The summed E-state index contributed by atoms with van der Waals surface area (Å²) in [7, 11) is 3.12. The first-order chi connectivity index (χ1) is 8.67. The van der Waals surface area contributed by atoms with E-state index in [0.717, 1.165) is 0 Å². The molecule has 0 aliphatic carbocycles. The largest absolute Gasteiger partial charge is 0.497 e. The van der Waals surface area contributed by atoms with Crippen molar-refractivity contribution < 1.29 is 19.0 Å². The van der Waals surface area contributed by atoms with Gasteiger partial charge in [-0.15, -0.1) is 12.4 Å². The number of hydrogen-bond acceptors (Lipinski definition) is 5. The molecule has 0 saturated heterocycles. The first-order valence-corrected chi connectivity index (χ1v) is 5.47. The van der Waals surface area contributed by atoms with E-state index in [0.29, 0.717) is 30.3 Å². The van der Waals surface area contributed by atoms with Crippen molar-refractivity contribution in [2.45, 2.75) is 0 Å². The number of carbonyl (C=O) groups is 1. The van der Waals surface area contributed by atoms with Gasteiger partial charge in [0.2, 0.25) is 5.91 Å². The van der Waals surface area contributed by atoms with Gasteiger partial charge in [-0.05, 0) is 12.1 Å². The standard InChI is InChI=1S/C12H18N2O4.ClH/c1-16-5-6-18-8-12(15)14-11-7-9(17-2)3-4-10(11)13;/h3-4,7H,5-6,8,13H2,1-2H3,(H,14,15);1H. The third-order valence-corrected chi connectivity index (χ3v) is 2.20. The van der Waals surface area contributed by atoms with Crippen LogP contribution in [0.1, 0.15) is 0 Å². The molecule has 3 N–H and O–H groups in total. The van der Waals surface area contributed by atoms with Crippen molar-refractivity contribution in [2.75, 3.05) is 45.1 Å². The molecular formula is C12H19ClN2O4. The van der Waals surface area contributed by atoms with Crippen LogP contribution in [0, 0.1) is 0 Å². The fourth-order valence-corrected chi connectivity index (χ4v) is 1.26. The van der Waals surface area contributed by atoms with Crippen molar-refractivity contribution in [3.8, 4) is 5.75 Å². The average molecular weight is 291 g/mol. The third-order valence-electron chi connectivity index (χ3n) is 2.20. The van der Waals surface area contributed by atoms with Crippen LogP contribution in [-0.4, -0.2) is 39.9 Å². The highest BCUT2D eigenvalue weighted by Gasteiger charge is 2.06. The summed E-state index contributed by atoms with van der Waals surface area (Å²) in [6, 6.07) is 5.04. The number of halogens is 1. The van der Waals surface area contributed by atoms with E-state index in [2.05, 4.69) is 5.32 Å². The summed E-state index contributed by atoms with van der Waals surface area (Å²) < 4.78 is 14.9. The maximum absolute atomic E-state index is 11.6. The number of carbonyl (C=O) groups excluding carboxylic acids is 1. The maximum Gasteiger partial charge on any atom is 0.250 e. The van der Waals surface area contributed by atoms with Crippen molar-refractivity contribution in [3.63, 3.8) is 0 Å². The normalized spacial score (nSPS) is 9.58. The number of nitrogens with two attached hydrogens (primary N) is 1. The smallest absolute Gasteiger partial charge is 0.250 e. The first kappa shape index (κ1) is 17.5. The van der Waals surface area contributed by atoms with E-state index in [1.807, 2.05) is 0 Å². The Kier molecular flexibility index (Phi) is 8.69. The third kappa shape index (κ3) is 6.28. The van der Waals surface area contributed by atoms with Gasteiger partial charge in [-0.2, -0.15) is 0 Å². The molecule has 1 aromatic carbocycles. The van der Waals surface area contributed by atoms with Crippen LogP contribution in [-0.2, 0) is 14.3 Å². The monoisotopic (exact) mass is 290 g/mol. The SMILES string of the molecule is COCCOCC(=O)Nc1cc(OC)ccc1N.Cl. The van der Waals surface area contributed by atoms with Gasteiger partial charge < -0.3 is 25.3 Å². The van der Waals surface area contributed by atoms with Gasteiger partial charge in [0.15, 0.2) is 0 Å². The van der Waals surface area contributed by atoms with Crippen molar-refractivity contribution >= 4 is 29.7 Å². The highest BCUT2D eigenvalue weighted by Crippen LogP contribution is 2.24. The van der Waals surface area contributed by atoms with Gasteiger partial charge in [0, 0.05) is 13.2 Å². The zero-order valence-corrected chi connectivity index (χ0v) is 11.8. The molecule has 0 radical (unpaired) electrons. The van der Waals surface area contributed by atoms with Crippen LogP contribution in [0.5, 0.6) is 5.75 Å². The van der Waals surface area contributed by atoms with Gasteiger partial charge in [-0.25, -0.2) is 0 Å². The zero-order valence-electron chi connectivity index (χ0n) is 11.0. The molecule has 1 amide bonds. The summed E-state index contributed by atoms with van der Waals surface area (Å²) in [5.74, 6) is 0.353. The quantitative estimate of drug-likeness (QED) is 0.584. The minimum atomic E-state index is -0.272. The van der Waals surface area contributed by atoms with Gasteiger partial charge in [0.25, 0.3) is 0 Å². The molecule has 0 atom stereocenters. The van der Waals surface area contributed by atoms with Gasteiger partial charge in [-0.1, -0.05) is 0 Å². The summed E-state index contributed by atoms with van der Waals surface area (Å²) in [5.41, 5.74) is 6.72. The van der Waals surface area contributed by atoms with Crippen molar-refractivity contribution in [3.05, 3.63) is 18.2 Å².